The number of hydrogen-bond donors (Lipinski definition) is 2. The normalized spacial score (nSPS) is 12.0. The Morgan fingerprint density at radius 1 is 0.814 bits per heavy atom. The van der Waals surface area contributed by atoms with Gasteiger partial charge in [-0.1, -0.05) is 75.4 Å². The molecule has 2 heterocycles. The van der Waals surface area contributed by atoms with E-state index in [1.165, 1.54) is 16.9 Å². The number of benzene rings is 4. The Kier molecular flexibility index (Phi) is 8.10. The first kappa shape index (κ1) is 30.7. The molecular formula is C33H31N3O4S3. The van der Waals surface area contributed by atoms with Gasteiger partial charge in [0.2, 0.25) is 0 Å². The molecule has 0 radical (unpaired) electrons. The van der Waals surface area contributed by atoms with E-state index in [0.29, 0.717) is 32.8 Å². The maximum Gasteiger partial charge on any atom is 0.296 e. The van der Waals surface area contributed by atoms with Gasteiger partial charge in [0.05, 0.1) is 20.4 Å². The smallest absolute Gasteiger partial charge is 0.296 e. The van der Waals surface area contributed by atoms with Gasteiger partial charge in [-0.25, -0.2) is 9.97 Å². The van der Waals surface area contributed by atoms with Gasteiger partial charge in [0.15, 0.2) is 5.78 Å². The van der Waals surface area contributed by atoms with E-state index in [4.69, 9.17) is 4.98 Å². The van der Waals surface area contributed by atoms with Crippen LogP contribution in [-0.2, 0) is 22.0 Å². The van der Waals surface area contributed by atoms with E-state index in [1.807, 2.05) is 66.7 Å². The molecular weight excluding hydrogens is 599 g/mol. The van der Waals surface area contributed by atoms with Crippen molar-refractivity contribution in [3.63, 3.8) is 0 Å². The third kappa shape index (κ3) is 6.15. The van der Waals surface area contributed by atoms with Crippen LogP contribution in [0.4, 0.5) is 0 Å². The molecule has 0 aliphatic rings. The molecule has 0 fully saturated rings. The van der Waals surface area contributed by atoms with Crippen LogP contribution in [-0.4, -0.2) is 28.7 Å². The summed E-state index contributed by atoms with van der Waals surface area (Å²) in [7, 11) is -4.38. The number of aromatic nitrogens is 2. The summed E-state index contributed by atoms with van der Waals surface area (Å²) < 4.78 is 35.2. The van der Waals surface area contributed by atoms with Crippen LogP contribution in [0.2, 0.25) is 0 Å². The number of thiazole rings is 2. The minimum atomic E-state index is -4.38. The van der Waals surface area contributed by atoms with Gasteiger partial charge in [-0.3, -0.25) is 9.35 Å². The zero-order valence-corrected chi connectivity index (χ0v) is 26.7. The van der Waals surface area contributed by atoms with E-state index in [9.17, 15) is 17.8 Å². The van der Waals surface area contributed by atoms with E-state index >= 15 is 0 Å². The lowest BCUT2D eigenvalue weighted by Crippen LogP contribution is -2.11. The van der Waals surface area contributed by atoms with Crippen molar-refractivity contribution in [2.24, 2.45) is 0 Å². The molecule has 0 bridgehead atoms. The van der Waals surface area contributed by atoms with Gasteiger partial charge in [0.1, 0.15) is 14.9 Å². The molecule has 6 rings (SSSR count). The molecule has 2 aromatic heterocycles. The molecule has 4 N–H and O–H groups in total. The highest BCUT2D eigenvalue weighted by Gasteiger charge is 2.21. The van der Waals surface area contributed by atoms with Crippen LogP contribution in [0, 0.1) is 6.92 Å². The number of nitrogens with zero attached hydrogens (tertiary/aromatic N) is 2. The van der Waals surface area contributed by atoms with E-state index in [2.05, 4.69) is 25.8 Å². The highest BCUT2D eigenvalue weighted by Crippen LogP contribution is 2.38. The average molecular weight is 630 g/mol. The van der Waals surface area contributed by atoms with Crippen LogP contribution >= 0.6 is 22.7 Å². The second-order valence-corrected chi connectivity index (χ2v) is 14.8. The second-order valence-electron chi connectivity index (χ2n) is 11.4. The standard InChI is InChI=1S/C33H28N2O4S3.H3N/c1-19-5-15-26-29(30(19)42(37,38)39)41-32(35-26)23-12-16-25-28(18-23)40-31(34-25)22-8-6-20(7-9-22)17-27(36)21-10-13-24(14-11-21)33(2,3)4;/h5-16,18H,17H2,1-4H3,(H,37,38,39);1H3. The van der Waals surface area contributed by atoms with Gasteiger partial charge in [-0.05, 0) is 53.3 Å². The molecule has 6 aromatic rings. The zero-order chi connectivity index (χ0) is 29.8. The number of rotatable bonds is 6. The Hall–Kier alpha value is -3.80. The predicted molar refractivity (Wildman–Crippen MR) is 176 cm³/mol. The minimum absolute atomic E-state index is 0. The van der Waals surface area contributed by atoms with E-state index in [-0.39, 0.29) is 22.2 Å². The van der Waals surface area contributed by atoms with Crippen molar-refractivity contribution in [3.8, 4) is 21.1 Å². The Morgan fingerprint density at radius 2 is 1.42 bits per heavy atom. The van der Waals surface area contributed by atoms with Crippen LogP contribution in [0.25, 0.3) is 41.6 Å². The molecule has 0 saturated heterocycles. The molecule has 0 spiro atoms. The summed E-state index contributed by atoms with van der Waals surface area (Å²) in [6.45, 7) is 8.12. The molecule has 0 atom stereocenters. The lowest BCUT2D eigenvalue weighted by atomic mass is 9.86. The Labute approximate surface area is 258 Å². The number of ketones is 1. The van der Waals surface area contributed by atoms with Gasteiger partial charge in [-0.15, -0.1) is 22.7 Å². The number of carbonyl (C=O) groups is 1. The summed E-state index contributed by atoms with van der Waals surface area (Å²) >= 11 is 2.80. The Morgan fingerprint density at radius 3 is 2.07 bits per heavy atom. The third-order valence-corrected chi connectivity index (χ3v) is 10.6. The summed E-state index contributed by atoms with van der Waals surface area (Å²) in [6, 6.07) is 25.1. The van der Waals surface area contributed by atoms with Crippen molar-refractivity contribution >= 4 is 59.0 Å². The summed E-state index contributed by atoms with van der Waals surface area (Å²) in [4.78, 5) is 22.2. The fraction of sp³-hybridized carbons (Fsp3) is 0.182. The van der Waals surface area contributed by atoms with E-state index < -0.39 is 10.1 Å². The largest absolute Gasteiger partial charge is 0.344 e. The summed E-state index contributed by atoms with van der Waals surface area (Å²) in [5, 5.41) is 1.53. The lowest BCUT2D eigenvalue weighted by molar-refractivity contribution is 0.0993. The molecule has 4 aromatic carbocycles. The first-order valence-electron chi connectivity index (χ1n) is 13.4. The van der Waals surface area contributed by atoms with Gasteiger partial charge >= 0.3 is 0 Å². The molecule has 220 valence electrons. The van der Waals surface area contributed by atoms with Crippen molar-refractivity contribution in [2.45, 2.75) is 44.4 Å². The number of aryl methyl sites for hydroxylation is 1. The minimum Gasteiger partial charge on any atom is -0.344 e. The number of carbonyl (C=O) groups excluding carboxylic acids is 1. The Bertz CT molecular complexity index is 2090. The lowest BCUT2D eigenvalue weighted by Gasteiger charge is -2.19. The molecule has 0 aliphatic carbocycles. The van der Waals surface area contributed by atoms with Crippen molar-refractivity contribution < 1.29 is 17.8 Å². The van der Waals surface area contributed by atoms with Gasteiger partial charge in [0.25, 0.3) is 10.1 Å². The first-order valence-corrected chi connectivity index (χ1v) is 16.5. The van der Waals surface area contributed by atoms with Crippen LogP contribution in [0.3, 0.4) is 0 Å². The maximum atomic E-state index is 12.9. The zero-order valence-electron chi connectivity index (χ0n) is 24.2. The Balaban J connectivity index is 0.00000368. The number of hydrogen-bond acceptors (Lipinski definition) is 8. The fourth-order valence-corrected chi connectivity index (χ4v) is 8.22. The van der Waals surface area contributed by atoms with Gasteiger partial charge in [-0.2, -0.15) is 8.42 Å². The van der Waals surface area contributed by atoms with Crippen LogP contribution in [0.15, 0.2) is 83.8 Å². The van der Waals surface area contributed by atoms with Crippen LogP contribution in [0.5, 0.6) is 0 Å². The highest BCUT2D eigenvalue weighted by atomic mass is 32.2. The summed E-state index contributed by atoms with van der Waals surface area (Å²) in [5.41, 5.74) is 6.59. The first-order chi connectivity index (χ1) is 19.9. The third-order valence-electron chi connectivity index (χ3n) is 7.24. The van der Waals surface area contributed by atoms with Crippen LogP contribution in [0.1, 0.15) is 47.8 Å². The monoisotopic (exact) mass is 629 g/mol. The van der Waals surface area contributed by atoms with Crippen molar-refractivity contribution in [3.05, 3.63) is 101 Å². The SMILES string of the molecule is Cc1ccc2nc(-c3ccc4nc(-c5ccc(CC(=O)c6ccc(C(C)(C)C)cc6)cc5)sc4c3)sc2c1S(=O)(=O)O.N. The topological polar surface area (TPSA) is 132 Å². The van der Waals surface area contributed by atoms with Gasteiger partial charge in [0, 0.05) is 23.1 Å². The van der Waals surface area contributed by atoms with Crippen molar-refractivity contribution in [1.29, 1.82) is 0 Å². The number of fused-ring (bicyclic) bond motifs is 2. The van der Waals surface area contributed by atoms with Gasteiger partial charge < -0.3 is 6.15 Å². The highest BCUT2D eigenvalue weighted by molar-refractivity contribution is 7.86. The van der Waals surface area contributed by atoms with Crippen molar-refractivity contribution in [1.82, 2.24) is 16.1 Å². The summed E-state index contributed by atoms with van der Waals surface area (Å²) in [6.07, 6.45) is 0.333. The molecule has 0 amide bonds. The number of Topliss-reactive ketones (excluding diaryl/α,β-unsaturated/α-hetero) is 1. The molecule has 10 heteroatoms. The average Bonchev–Trinajstić information content (AvgIpc) is 3.56. The quantitative estimate of drug-likeness (QED) is 0.139. The summed E-state index contributed by atoms with van der Waals surface area (Å²) in [5.74, 6) is 0.0874. The maximum absolute atomic E-state index is 12.9. The fourth-order valence-electron chi connectivity index (χ4n) is 4.90. The predicted octanol–water partition coefficient (Wildman–Crippen LogP) is 8.68. The van der Waals surface area contributed by atoms with Crippen LogP contribution < -0.4 is 6.15 Å². The van der Waals surface area contributed by atoms with E-state index in [1.54, 1.807) is 30.4 Å². The molecule has 7 nitrogen and oxygen atoms in total. The van der Waals surface area contributed by atoms with Crippen molar-refractivity contribution in [2.75, 3.05) is 0 Å². The molecule has 43 heavy (non-hydrogen) atoms. The van der Waals surface area contributed by atoms with E-state index in [0.717, 1.165) is 31.9 Å². The molecule has 0 unspecified atom stereocenters. The second kappa shape index (κ2) is 11.4. The molecule has 0 saturated carbocycles. The molecule has 0 aliphatic heterocycles.